The Labute approximate surface area is 80.6 Å². The fourth-order valence-corrected chi connectivity index (χ4v) is 2.32. The van der Waals surface area contributed by atoms with Crippen LogP contribution in [0.25, 0.3) is 0 Å². The second-order valence-corrected chi connectivity index (χ2v) is 5.07. The lowest BCUT2D eigenvalue weighted by molar-refractivity contribution is 0.488. The number of allylic oxidation sites excluding steroid dienone is 2. The van der Waals surface area contributed by atoms with Crippen molar-refractivity contribution in [3.8, 4) is 0 Å². The average molecular weight is 206 g/mol. The fraction of sp³-hybridized carbons (Fsp3) is 0.778. The molecule has 0 aliphatic rings. The van der Waals surface area contributed by atoms with Crippen LogP contribution in [-0.4, -0.2) is 13.0 Å². The van der Waals surface area contributed by atoms with Gasteiger partial charge in [-0.25, -0.2) is 0 Å². The Balaban J connectivity index is 4.92. The van der Waals surface area contributed by atoms with Crippen molar-refractivity contribution in [3.05, 3.63) is 10.5 Å². The molecule has 0 aromatic rings. The highest BCUT2D eigenvalue weighted by atomic mass is 32.2. The molecule has 0 saturated carbocycles. The maximum absolute atomic E-state index is 10.9. The number of hydrogen-bond acceptors (Lipinski definition) is 2. The first-order valence-electron chi connectivity index (χ1n) is 4.45. The normalized spacial score (nSPS) is 14.6. The molecule has 4 heteroatoms. The third kappa shape index (κ3) is 4.43. The van der Waals surface area contributed by atoms with Crippen LogP contribution < -0.4 is 0 Å². The van der Waals surface area contributed by atoms with Gasteiger partial charge in [-0.1, -0.05) is 26.3 Å². The first-order chi connectivity index (χ1) is 5.79. The standard InChI is InChI=1S/C9H18O3S/c1-5-9(13(10,11)12)8(4)6-7(2)3/h7H,5-6H2,1-4H3,(H,10,11,12)/b9-8+. The van der Waals surface area contributed by atoms with Crippen molar-refractivity contribution in [2.45, 2.75) is 40.5 Å². The van der Waals surface area contributed by atoms with E-state index >= 15 is 0 Å². The SMILES string of the molecule is CC/C(=C(/C)CC(C)C)S(=O)(=O)O. The molecule has 0 fully saturated rings. The molecule has 0 atom stereocenters. The molecule has 0 radical (unpaired) electrons. The Morgan fingerprint density at radius 1 is 1.38 bits per heavy atom. The maximum atomic E-state index is 10.9. The summed E-state index contributed by atoms with van der Waals surface area (Å²) in [5, 5.41) is 0. The van der Waals surface area contributed by atoms with Crippen LogP contribution in [-0.2, 0) is 10.1 Å². The van der Waals surface area contributed by atoms with E-state index in [9.17, 15) is 8.42 Å². The fourth-order valence-electron chi connectivity index (χ4n) is 1.43. The molecule has 0 aliphatic carbocycles. The zero-order chi connectivity index (χ0) is 10.6. The van der Waals surface area contributed by atoms with Crippen LogP contribution in [0.3, 0.4) is 0 Å². The van der Waals surface area contributed by atoms with Crippen LogP contribution in [0.15, 0.2) is 10.5 Å². The van der Waals surface area contributed by atoms with Crippen LogP contribution in [0.1, 0.15) is 40.5 Å². The lowest BCUT2D eigenvalue weighted by Gasteiger charge is -2.09. The number of hydrogen-bond donors (Lipinski definition) is 1. The zero-order valence-corrected chi connectivity index (χ0v) is 9.48. The molecule has 0 amide bonds. The van der Waals surface area contributed by atoms with Gasteiger partial charge in [0, 0.05) is 0 Å². The molecule has 78 valence electrons. The molecule has 0 saturated heterocycles. The molecular formula is C9H18O3S. The van der Waals surface area contributed by atoms with Crippen molar-refractivity contribution in [1.29, 1.82) is 0 Å². The van der Waals surface area contributed by atoms with E-state index in [4.69, 9.17) is 4.55 Å². The summed E-state index contributed by atoms with van der Waals surface area (Å²) in [4.78, 5) is 0.168. The van der Waals surface area contributed by atoms with E-state index in [1.807, 2.05) is 13.8 Å². The molecule has 3 nitrogen and oxygen atoms in total. The summed E-state index contributed by atoms with van der Waals surface area (Å²) >= 11 is 0. The van der Waals surface area contributed by atoms with Gasteiger partial charge < -0.3 is 0 Å². The van der Waals surface area contributed by atoms with E-state index in [1.165, 1.54) is 0 Å². The van der Waals surface area contributed by atoms with Crippen molar-refractivity contribution >= 4 is 10.1 Å². The van der Waals surface area contributed by atoms with E-state index in [0.29, 0.717) is 18.8 Å². The maximum Gasteiger partial charge on any atom is 0.290 e. The summed E-state index contributed by atoms with van der Waals surface area (Å²) in [7, 11) is -3.98. The molecule has 13 heavy (non-hydrogen) atoms. The molecule has 0 bridgehead atoms. The Morgan fingerprint density at radius 2 is 1.85 bits per heavy atom. The van der Waals surface area contributed by atoms with Gasteiger partial charge in [0.1, 0.15) is 0 Å². The minimum atomic E-state index is -3.98. The minimum Gasteiger partial charge on any atom is -0.282 e. The van der Waals surface area contributed by atoms with Crippen molar-refractivity contribution in [3.63, 3.8) is 0 Å². The summed E-state index contributed by atoms with van der Waals surface area (Å²) < 4.78 is 30.6. The van der Waals surface area contributed by atoms with E-state index in [1.54, 1.807) is 13.8 Å². The van der Waals surface area contributed by atoms with Crippen molar-refractivity contribution in [2.24, 2.45) is 5.92 Å². The summed E-state index contributed by atoms with van der Waals surface area (Å²) in [6.45, 7) is 7.51. The van der Waals surface area contributed by atoms with Crippen molar-refractivity contribution in [1.82, 2.24) is 0 Å². The van der Waals surface area contributed by atoms with Gasteiger partial charge in [0.05, 0.1) is 4.91 Å². The summed E-state index contributed by atoms with van der Waals surface area (Å²) in [5.74, 6) is 0.406. The van der Waals surface area contributed by atoms with E-state index < -0.39 is 10.1 Å². The van der Waals surface area contributed by atoms with E-state index in [2.05, 4.69) is 0 Å². The van der Waals surface area contributed by atoms with Gasteiger partial charge in [0.15, 0.2) is 0 Å². The first kappa shape index (κ1) is 12.7. The molecule has 1 N–H and O–H groups in total. The molecular weight excluding hydrogens is 188 g/mol. The van der Waals surface area contributed by atoms with Crippen molar-refractivity contribution in [2.75, 3.05) is 0 Å². The predicted molar refractivity (Wildman–Crippen MR) is 54.0 cm³/mol. The van der Waals surface area contributed by atoms with Crippen LogP contribution in [0.5, 0.6) is 0 Å². The molecule has 0 spiro atoms. The number of rotatable bonds is 4. The molecule has 0 aromatic heterocycles. The highest BCUT2D eigenvalue weighted by Gasteiger charge is 2.15. The second-order valence-electron chi connectivity index (χ2n) is 3.63. The molecule has 0 unspecified atom stereocenters. The van der Waals surface area contributed by atoms with Crippen LogP contribution in [0.2, 0.25) is 0 Å². The monoisotopic (exact) mass is 206 g/mol. The third-order valence-corrected chi connectivity index (χ3v) is 3.08. The van der Waals surface area contributed by atoms with Gasteiger partial charge in [-0.05, 0) is 25.7 Å². The van der Waals surface area contributed by atoms with Crippen LogP contribution in [0.4, 0.5) is 0 Å². The summed E-state index contributed by atoms with van der Waals surface area (Å²) in [5.41, 5.74) is 0.764. The second kappa shape index (κ2) is 4.77. The smallest absolute Gasteiger partial charge is 0.282 e. The Kier molecular flexibility index (Phi) is 4.64. The first-order valence-corrected chi connectivity index (χ1v) is 5.89. The van der Waals surface area contributed by atoms with Gasteiger partial charge >= 0.3 is 0 Å². The van der Waals surface area contributed by atoms with Gasteiger partial charge in [-0.3, -0.25) is 4.55 Å². The lowest BCUT2D eigenvalue weighted by atomic mass is 10.0. The van der Waals surface area contributed by atoms with Crippen molar-refractivity contribution < 1.29 is 13.0 Å². The summed E-state index contributed by atoms with van der Waals surface area (Å²) in [6, 6.07) is 0. The van der Waals surface area contributed by atoms with Gasteiger partial charge in [0.25, 0.3) is 10.1 Å². The van der Waals surface area contributed by atoms with Gasteiger partial charge in [-0.15, -0.1) is 0 Å². The van der Waals surface area contributed by atoms with E-state index in [0.717, 1.165) is 5.57 Å². The van der Waals surface area contributed by atoms with Gasteiger partial charge in [0.2, 0.25) is 0 Å². The Hall–Kier alpha value is -0.350. The predicted octanol–water partition coefficient (Wildman–Crippen LogP) is 2.60. The molecule has 0 rings (SSSR count). The molecule has 0 aliphatic heterocycles. The highest BCUT2D eigenvalue weighted by molar-refractivity contribution is 7.89. The summed E-state index contributed by atoms with van der Waals surface area (Å²) in [6.07, 6.45) is 1.07. The quantitative estimate of drug-likeness (QED) is 0.719. The third-order valence-electron chi connectivity index (χ3n) is 1.82. The van der Waals surface area contributed by atoms with Crippen LogP contribution >= 0.6 is 0 Å². The average Bonchev–Trinajstić information content (AvgIpc) is 1.82. The van der Waals surface area contributed by atoms with Crippen LogP contribution in [0, 0.1) is 5.92 Å². The Bertz CT molecular complexity index is 286. The van der Waals surface area contributed by atoms with Gasteiger partial charge in [-0.2, -0.15) is 8.42 Å². The lowest BCUT2D eigenvalue weighted by Crippen LogP contribution is -2.05. The highest BCUT2D eigenvalue weighted by Crippen LogP contribution is 2.20. The topological polar surface area (TPSA) is 54.4 Å². The minimum absolute atomic E-state index is 0.168. The largest absolute Gasteiger partial charge is 0.290 e. The van der Waals surface area contributed by atoms with E-state index in [-0.39, 0.29) is 4.91 Å². The zero-order valence-electron chi connectivity index (χ0n) is 8.66. The Morgan fingerprint density at radius 3 is 2.08 bits per heavy atom. The molecule has 0 heterocycles. The molecule has 0 aromatic carbocycles.